The van der Waals surface area contributed by atoms with Crippen molar-refractivity contribution in [1.29, 1.82) is 0 Å². The summed E-state index contributed by atoms with van der Waals surface area (Å²) in [5, 5.41) is 7.99. The van der Waals surface area contributed by atoms with Crippen LogP contribution in [0.25, 0.3) is 0 Å². The van der Waals surface area contributed by atoms with Crippen LogP contribution >= 0.6 is 0 Å². The van der Waals surface area contributed by atoms with Crippen molar-refractivity contribution in [3.8, 4) is 0 Å². The third-order valence-electron chi connectivity index (χ3n) is 0.608. The zero-order valence-corrected chi connectivity index (χ0v) is 5.07. The Kier molecular flexibility index (Phi) is 3.86. The van der Waals surface area contributed by atoms with Crippen molar-refractivity contribution in [1.82, 2.24) is 0 Å². The number of esters is 1. The van der Waals surface area contributed by atoms with Crippen molar-refractivity contribution >= 4 is 18.2 Å². The van der Waals surface area contributed by atoms with Gasteiger partial charge in [-0.25, -0.2) is 0 Å². The normalized spacial score (nSPS) is 8.40. The topological polar surface area (TPSA) is 80.7 Å². The summed E-state index contributed by atoms with van der Waals surface area (Å²) < 4.78 is 4.11. The summed E-state index contributed by atoms with van der Waals surface area (Å²) in [6, 6.07) is 0. The average Bonchev–Trinajstić information content (AvgIpc) is 1.82. The summed E-state index contributed by atoms with van der Waals surface area (Å²) in [6.45, 7) is -0.383. The van der Waals surface area contributed by atoms with Gasteiger partial charge in [-0.1, -0.05) is 0 Å². The molecule has 0 amide bonds. The molecule has 0 radical (unpaired) electrons. The predicted octanol–water partition coefficient (Wildman–Crippen LogP) is -0.797. The molecule has 10 heavy (non-hydrogen) atoms. The number of hydrogen-bond acceptors (Lipinski definition) is 4. The number of carboxylic acids is 1. The third-order valence-corrected chi connectivity index (χ3v) is 0.608. The zero-order chi connectivity index (χ0) is 7.98. The summed E-state index contributed by atoms with van der Waals surface area (Å²) in [5.74, 6) is -2.17. The summed E-state index contributed by atoms with van der Waals surface area (Å²) in [7, 11) is 0. The molecule has 0 bridgehead atoms. The fourth-order valence-electron chi connectivity index (χ4n) is 0.301. The van der Waals surface area contributed by atoms with Gasteiger partial charge in [0.2, 0.25) is 0 Å². The van der Waals surface area contributed by atoms with Crippen molar-refractivity contribution in [3.63, 3.8) is 0 Å². The lowest BCUT2D eigenvalue weighted by Crippen LogP contribution is -2.11. The van der Waals surface area contributed by atoms with Crippen LogP contribution < -0.4 is 0 Å². The molecule has 0 rings (SSSR count). The van der Waals surface area contributed by atoms with Gasteiger partial charge in [-0.3, -0.25) is 14.4 Å². The van der Waals surface area contributed by atoms with Gasteiger partial charge in [-0.2, -0.15) is 0 Å². The minimum atomic E-state index is -1.27. The Labute approximate surface area is 56.6 Å². The lowest BCUT2D eigenvalue weighted by molar-refractivity contribution is -0.152. The molecule has 0 spiro atoms. The van der Waals surface area contributed by atoms with Crippen LogP contribution in [-0.2, 0) is 19.1 Å². The highest BCUT2D eigenvalue weighted by Crippen LogP contribution is 1.83. The van der Waals surface area contributed by atoms with E-state index in [0.29, 0.717) is 6.29 Å². The molecule has 0 aromatic carbocycles. The summed E-state index contributed by atoms with van der Waals surface area (Å²) in [5.41, 5.74) is 0. The van der Waals surface area contributed by atoms with Crippen molar-refractivity contribution in [2.24, 2.45) is 0 Å². The quantitative estimate of drug-likeness (QED) is 0.319. The predicted molar refractivity (Wildman–Crippen MR) is 29.3 cm³/mol. The zero-order valence-electron chi connectivity index (χ0n) is 5.07. The van der Waals surface area contributed by atoms with E-state index in [4.69, 9.17) is 5.11 Å². The SMILES string of the molecule is O=CCOC(=O)CC(=O)O. The van der Waals surface area contributed by atoms with Gasteiger partial charge in [0.05, 0.1) is 0 Å². The number of hydrogen-bond donors (Lipinski definition) is 1. The van der Waals surface area contributed by atoms with Gasteiger partial charge < -0.3 is 9.84 Å². The lowest BCUT2D eigenvalue weighted by atomic mass is 10.4. The first-order chi connectivity index (χ1) is 4.66. The van der Waals surface area contributed by atoms with E-state index in [1.807, 2.05) is 0 Å². The monoisotopic (exact) mass is 146 g/mol. The van der Waals surface area contributed by atoms with E-state index in [-0.39, 0.29) is 6.61 Å². The van der Waals surface area contributed by atoms with E-state index < -0.39 is 18.4 Å². The first-order valence-electron chi connectivity index (χ1n) is 2.48. The van der Waals surface area contributed by atoms with Crippen LogP contribution in [0.3, 0.4) is 0 Å². The first-order valence-corrected chi connectivity index (χ1v) is 2.48. The Bertz CT molecular complexity index is 150. The molecule has 1 N–H and O–H groups in total. The molecule has 0 aromatic rings. The molecule has 0 heterocycles. The van der Waals surface area contributed by atoms with Gasteiger partial charge in [0.25, 0.3) is 0 Å². The molecule has 0 saturated carbocycles. The Morgan fingerprint density at radius 2 is 2.10 bits per heavy atom. The Hall–Kier alpha value is -1.39. The lowest BCUT2D eigenvalue weighted by Gasteiger charge is -1.94. The fraction of sp³-hybridized carbons (Fsp3) is 0.400. The molecule has 5 heteroatoms. The Balaban J connectivity index is 3.43. The molecule has 0 fully saturated rings. The second kappa shape index (κ2) is 4.49. The molecule has 0 unspecified atom stereocenters. The summed E-state index contributed by atoms with van der Waals surface area (Å²) in [6.07, 6.45) is -0.326. The van der Waals surface area contributed by atoms with Crippen LogP contribution in [-0.4, -0.2) is 29.9 Å². The molecule has 0 aliphatic carbocycles. The molecule has 0 aliphatic heterocycles. The molecular formula is C5H6O5. The number of aldehydes is 1. The second-order valence-corrected chi connectivity index (χ2v) is 1.42. The highest BCUT2D eigenvalue weighted by Gasteiger charge is 2.07. The van der Waals surface area contributed by atoms with Crippen molar-refractivity contribution < 1.29 is 24.2 Å². The summed E-state index contributed by atoms with van der Waals surface area (Å²) in [4.78, 5) is 29.6. The minimum Gasteiger partial charge on any atom is -0.481 e. The number of carboxylic acid groups (broad SMARTS) is 1. The second-order valence-electron chi connectivity index (χ2n) is 1.42. The van der Waals surface area contributed by atoms with Crippen LogP contribution in [0.15, 0.2) is 0 Å². The maximum atomic E-state index is 10.3. The van der Waals surface area contributed by atoms with Gasteiger partial charge in [-0.05, 0) is 0 Å². The molecule has 0 atom stereocenters. The van der Waals surface area contributed by atoms with Gasteiger partial charge in [0.1, 0.15) is 13.0 Å². The van der Waals surface area contributed by atoms with Crippen LogP contribution in [0.2, 0.25) is 0 Å². The number of carbonyl (C=O) groups is 3. The van der Waals surface area contributed by atoms with Gasteiger partial charge in [0, 0.05) is 0 Å². The van der Waals surface area contributed by atoms with E-state index in [0.717, 1.165) is 0 Å². The van der Waals surface area contributed by atoms with Crippen molar-refractivity contribution in [2.45, 2.75) is 6.42 Å². The van der Waals surface area contributed by atoms with E-state index in [1.165, 1.54) is 0 Å². The van der Waals surface area contributed by atoms with Crippen molar-refractivity contribution in [2.75, 3.05) is 6.61 Å². The number of aliphatic carboxylic acids is 1. The molecular weight excluding hydrogens is 140 g/mol. The van der Waals surface area contributed by atoms with Crippen LogP contribution in [0.4, 0.5) is 0 Å². The molecule has 5 nitrogen and oxygen atoms in total. The number of rotatable bonds is 4. The minimum absolute atomic E-state index is 0.375. The third kappa shape index (κ3) is 4.76. The largest absolute Gasteiger partial charge is 0.481 e. The fourth-order valence-corrected chi connectivity index (χ4v) is 0.301. The van der Waals surface area contributed by atoms with E-state index in [9.17, 15) is 14.4 Å². The number of carbonyl (C=O) groups excluding carboxylic acids is 2. The van der Waals surface area contributed by atoms with Crippen LogP contribution in [0.5, 0.6) is 0 Å². The van der Waals surface area contributed by atoms with Gasteiger partial charge in [0.15, 0.2) is 6.29 Å². The van der Waals surface area contributed by atoms with Crippen LogP contribution in [0, 0.1) is 0 Å². The molecule has 0 saturated heterocycles. The highest BCUT2D eigenvalue weighted by atomic mass is 16.5. The highest BCUT2D eigenvalue weighted by molar-refractivity contribution is 5.90. The van der Waals surface area contributed by atoms with Gasteiger partial charge >= 0.3 is 11.9 Å². The van der Waals surface area contributed by atoms with Gasteiger partial charge in [-0.15, -0.1) is 0 Å². The first kappa shape index (κ1) is 8.61. The Morgan fingerprint density at radius 3 is 2.50 bits per heavy atom. The smallest absolute Gasteiger partial charge is 0.317 e. The van der Waals surface area contributed by atoms with Crippen molar-refractivity contribution in [3.05, 3.63) is 0 Å². The standard InChI is InChI=1S/C5H6O5/c6-1-2-10-5(9)3-4(7)8/h1H,2-3H2,(H,7,8). The number of ether oxygens (including phenoxy) is 1. The summed E-state index contributed by atoms with van der Waals surface area (Å²) >= 11 is 0. The maximum Gasteiger partial charge on any atom is 0.317 e. The van der Waals surface area contributed by atoms with E-state index >= 15 is 0 Å². The molecule has 0 aliphatic rings. The van der Waals surface area contributed by atoms with E-state index in [2.05, 4.69) is 4.74 Å². The Morgan fingerprint density at radius 1 is 1.50 bits per heavy atom. The molecule has 0 aromatic heterocycles. The molecule has 56 valence electrons. The average molecular weight is 146 g/mol. The van der Waals surface area contributed by atoms with E-state index in [1.54, 1.807) is 0 Å². The van der Waals surface area contributed by atoms with Crippen LogP contribution in [0.1, 0.15) is 6.42 Å². The maximum absolute atomic E-state index is 10.3.